The molecule has 7 nitrogen and oxygen atoms in total. The van der Waals surface area contributed by atoms with E-state index in [0.717, 1.165) is 12.8 Å². The summed E-state index contributed by atoms with van der Waals surface area (Å²) in [5.74, 6) is -2.09. The molecule has 4 rings (SSSR count). The van der Waals surface area contributed by atoms with Crippen molar-refractivity contribution in [2.45, 2.75) is 45.6 Å². The van der Waals surface area contributed by atoms with Crippen LogP contribution in [0.5, 0.6) is 5.75 Å². The Morgan fingerprint density at radius 3 is 2.03 bits per heavy atom. The fourth-order valence-corrected chi connectivity index (χ4v) is 4.17. The fourth-order valence-electron chi connectivity index (χ4n) is 4.17. The van der Waals surface area contributed by atoms with Crippen LogP contribution in [0.4, 0.5) is 8.78 Å². The van der Waals surface area contributed by atoms with Gasteiger partial charge in [0.25, 0.3) is 0 Å². The Morgan fingerprint density at radius 1 is 0.853 bits per heavy atom. The molecular weight excluding hydrogens is 450 g/mol. The van der Waals surface area contributed by atoms with E-state index in [1.54, 1.807) is 0 Å². The molecule has 3 aliphatic heterocycles. The minimum Gasteiger partial charge on any atom is -0.490 e. The highest BCUT2D eigenvalue weighted by Gasteiger charge is 2.38. The van der Waals surface area contributed by atoms with Gasteiger partial charge in [0.2, 0.25) is 5.82 Å². The first-order valence-corrected chi connectivity index (χ1v) is 12.0. The van der Waals surface area contributed by atoms with E-state index >= 15 is 0 Å². The van der Waals surface area contributed by atoms with Gasteiger partial charge >= 0.3 is 0 Å². The molecule has 3 heterocycles. The number of unbranched alkanes of at least 4 members (excludes halogenated alkanes) is 1. The van der Waals surface area contributed by atoms with E-state index in [-0.39, 0.29) is 48.6 Å². The van der Waals surface area contributed by atoms with Gasteiger partial charge in [-0.25, -0.2) is 4.39 Å². The van der Waals surface area contributed by atoms with Crippen molar-refractivity contribution in [1.82, 2.24) is 0 Å². The third-order valence-electron chi connectivity index (χ3n) is 6.14. The Bertz CT molecular complexity index is 797. The lowest BCUT2D eigenvalue weighted by atomic mass is 10.1. The lowest BCUT2D eigenvalue weighted by Gasteiger charge is -2.40. The largest absolute Gasteiger partial charge is 0.490 e. The molecular formula is C25H34F2O7. The van der Waals surface area contributed by atoms with Crippen LogP contribution < -0.4 is 4.74 Å². The maximum atomic E-state index is 14.6. The van der Waals surface area contributed by atoms with E-state index in [9.17, 15) is 8.78 Å². The highest BCUT2D eigenvalue weighted by molar-refractivity contribution is 5.32. The van der Waals surface area contributed by atoms with Gasteiger partial charge in [-0.05, 0) is 25.5 Å². The molecule has 3 aliphatic rings. The Hall–Kier alpha value is -1.62. The summed E-state index contributed by atoms with van der Waals surface area (Å²) in [4.78, 5) is 0. The minimum absolute atomic E-state index is 0.00662. The van der Waals surface area contributed by atoms with Crippen LogP contribution in [0.15, 0.2) is 24.3 Å². The number of halogens is 2. The molecule has 0 spiro atoms. The summed E-state index contributed by atoms with van der Waals surface area (Å²) in [6.07, 6.45) is 3.89. The molecule has 3 fully saturated rings. The van der Waals surface area contributed by atoms with Gasteiger partial charge in [-0.1, -0.05) is 25.5 Å². The molecule has 0 bridgehead atoms. The molecule has 1 aromatic rings. The summed E-state index contributed by atoms with van der Waals surface area (Å²) in [7, 11) is 0. The van der Waals surface area contributed by atoms with Gasteiger partial charge in [-0.2, -0.15) is 4.39 Å². The smallest absolute Gasteiger partial charge is 0.201 e. The van der Waals surface area contributed by atoms with Crippen LogP contribution in [0, 0.1) is 29.4 Å². The summed E-state index contributed by atoms with van der Waals surface area (Å²) >= 11 is 0. The zero-order valence-corrected chi connectivity index (χ0v) is 19.8. The Labute approximate surface area is 199 Å². The van der Waals surface area contributed by atoms with Crippen molar-refractivity contribution in [3.63, 3.8) is 0 Å². The molecule has 0 amide bonds. The highest BCUT2D eigenvalue weighted by Crippen LogP contribution is 2.34. The first-order valence-electron chi connectivity index (χ1n) is 12.0. The molecule has 3 saturated heterocycles. The average molecular weight is 485 g/mol. The molecule has 0 atom stereocenters. The molecule has 0 aromatic heterocycles. The van der Waals surface area contributed by atoms with E-state index in [1.807, 2.05) is 19.9 Å². The Morgan fingerprint density at radius 2 is 1.44 bits per heavy atom. The molecule has 0 aliphatic carbocycles. The minimum atomic E-state index is -1.03. The Kier molecular flexibility index (Phi) is 9.27. The van der Waals surface area contributed by atoms with Crippen LogP contribution in [0.25, 0.3) is 0 Å². The van der Waals surface area contributed by atoms with Crippen LogP contribution in [0.1, 0.15) is 38.5 Å². The van der Waals surface area contributed by atoms with Gasteiger partial charge < -0.3 is 33.2 Å². The van der Waals surface area contributed by atoms with Crippen molar-refractivity contribution < 1.29 is 41.9 Å². The SMILES string of the molecule is C/C=C/C1COC(C2COC(C3COC(c4ccc(OCCCC)c(F)c4F)OC3)OC2)OC1. The zero-order chi connectivity index (χ0) is 23.9. The molecule has 1 aromatic carbocycles. The van der Waals surface area contributed by atoms with Crippen LogP contribution >= 0.6 is 0 Å². The summed E-state index contributed by atoms with van der Waals surface area (Å²) in [5, 5.41) is 0. The highest BCUT2D eigenvalue weighted by atomic mass is 19.2. The molecule has 0 radical (unpaired) electrons. The number of rotatable bonds is 8. The molecule has 190 valence electrons. The van der Waals surface area contributed by atoms with Gasteiger partial charge in [0.1, 0.15) is 0 Å². The van der Waals surface area contributed by atoms with Gasteiger partial charge in [0, 0.05) is 11.5 Å². The van der Waals surface area contributed by atoms with E-state index in [1.165, 1.54) is 12.1 Å². The van der Waals surface area contributed by atoms with Crippen molar-refractivity contribution in [2.24, 2.45) is 17.8 Å². The zero-order valence-electron chi connectivity index (χ0n) is 19.8. The van der Waals surface area contributed by atoms with Crippen molar-refractivity contribution in [2.75, 3.05) is 46.2 Å². The van der Waals surface area contributed by atoms with Crippen molar-refractivity contribution in [3.05, 3.63) is 41.5 Å². The lowest BCUT2D eigenvalue weighted by molar-refractivity contribution is -0.310. The summed E-state index contributed by atoms with van der Waals surface area (Å²) in [6.45, 7) is 6.87. The normalized spacial score (nSPS) is 32.7. The number of benzene rings is 1. The second kappa shape index (κ2) is 12.4. The molecule has 0 N–H and O–H groups in total. The van der Waals surface area contributed by atoms with E-state index in [4.69, 9.17) is 33.2 Å². The lowest BCUT2D eigenvalue weighted by Crippen LogP contribution is -2.48. The monoisotopic (exact) mass is 484 g/mol. The summed E-state index contributed by atoms with van der Waals surface area (Å²) in [5.41, 5.74) is 0.00662. The predicted octanol–water partition coefficient (Wildman–Crippen LogP) is 4.36. The van der Waals surface area contributed by atoms with Crippen molar-refractivity contribution in [3.8, 4) is 5.75 Å². The quantitative estimate of drug-likeness (QED) is 0.401. The molecule has 9 heteroatoms. The number of hydrogen-bond acceptors (Lipinski definition) is 7. The molecule has 0 saturated carbocycles. The Balaban J connectivity index is 1.23. The van der Waals surface area contributed by atoms with E-state index in [0.29, 0.717) is 33.0 Å². The van der Waals surface area contributed by atoms with Gasteiger partial charge in [-0.15, -0.1) is 0 Å². The van der Waals surface area contributed by atoms with Crippen molar-refractivity contribution >= 4 is 0 Å². The first-order chi connectivity index (χ1) is 16.6. The van der Waals surface area contributed by atoms with E-state index in [2.05, 4.69) is 6.08 Å². The predicted molar refractivity (Wildman–Crippen MR) is 118 cm³/mol. The van der Waals surface area contributed by atoms with Crippen LogP contribution in [-0.2, 0) is 28.4 Å². The number of allylic oxidation sites excluding steroid dienone is 1. The van der Waals surface area contributed by atoms with Crippen LogP contribution in [-0.4, -0.2) is 58.8 Å². The van der Waals surface area contributed by atoms with Crippen molar-refractivity contribution in [1.29, 1.82) is 0 Å². The molecule has 34 heavy (non-hydrogen) atoms. The standard InChI is InChI=1S/C25H34F2O7/c1-3-5-9-28-20-8-7-19(21(26)22(20)27)25-33-14-18(15-34-25)24-31-12-17(13-32-24)23-29-10-16(6-4-2)11-30-23/h4,6-8,16-18,23-25H,3,5,9-15H2,1-2H3/b6-4+. The number of hydrogen-bond donors (Lipinski definition) is 0. The van der Waals surface area contributed by atoms with Gasteiger partial charge in [-0.3, -0.25) is 0 Å². The molecule has 0 unspecified atom stereocenters. The van der Waals surface area contributed by atoms with E-state index < -0.39 is 24.2 Å². The second-order valence-electron chi connectivity index (χ2n) is 8.86. The number of ether oxygens (including phenoxy) is 7. The van der Waals surface area contributed by atoms with Gasteiger partial charge in [0.05, 0.1) is 58.1 Å². The topological polar surface area (TPSA) is 64.6 Å². The maximum absolute atomic E-state index is 14.6. The first kappa shape index (κ1) is 25.5. The second-order valence-corrected chi connectivity index (χ2v) is 8.86. The maximum Gasteiger partial charge on any atom is 0.201 e. The van der Waals surface area contributed by atoms with Gasteiger partial charge in [0.15, 0.2) is 30.4 Å². The average Bonchev–Trinajstić information content (AvgIpc) is 2.88. The third-order valence-corrected chi connectivity index (χ3v) is 6.14. The summed E-state index contributed by atoms with van der Waals surface area (Å²) < 4.78 is 69.1. The fraction of sp³-hybridized carbons (Fsp3) is 0.680. The van der Waals surface area contributed by atoms with Crippen LogP contribution in [0.3, 0.4) is 0 Å². The third kappa shape index (κ3) is 6.13. The summed E-state index contributed by atoms with van der Waals surface area (Å²) in [6, 6.07) is 2.85. The van der Waals surface area contributed by atoms with Crippen LogP contribution in [0.2, 0.25) is 0 Å².